The third-order valence-electron chi connectivity index (χ3n) is 3.53. The van der Waals surface area contributed by atoms with Crippen molar-refractivity contribution >= 4 is 23.1 Å². The second kappa shape index (κ2) is 8.45. The fourth-order valence-corrected chi connectivity index (χ4v) is 2.43. The van der Waals surface area contributed by atoms with Gasteiger partial charge in [0, 0.05) is 46.6 Å². The maximum absolute atomic E-state index is 11.9. The molecule has 0 aromatic carbocycles. The van der Waals surface area contributed by atoms with Crippen LogP contribution in [-0.2, 0) is 9.53 Å². The summed E-state index contributed by atoms with van der Waals surface area (Å²) in [4.78, 5) is 16.4. The van der Waals surface area contributed by atoms with Crippen LogP contribution in [0.2, 0.25) is 0 Å². The Kier molecular flexibility index (Phi) is 7.27. The Morgan fingerprint density at radius 1 is 1.53 bits per heavy atom. The standard InChI is InChI=1S/C13H25N3O2S/c1-15(6-4-12(14)19)13(17)5-8-16-7-3-11(9-16)10-18-2/h11H,3-10H2,1-2H3,(H2,14,19). The fraction of sp³-hybridized carbons (Fsp3) is 0.846. The number of nitrogens with zero attached hydrogens (tertiary/aromatic N) is 2. The van der Waals surface area contributed by atoms with Gasteiger partial charge in [-0.1, -0.05) is 12.2 Å². The molecule has 0 bridgehead atoms. The van der Waals surface area contributed by atoms with E-state index in [0.717, 1.165) is 26.2 Å². The highest BCUT2D eigenvalue weighted by atomic mass is 32.1. The van der Waals surface area contributed by atoms with E-state index in [1.165, 1.54) is 6.42 Å². The average Bonchev–Trinajstić information content (AvgIpc) is 2.81. The molecule has 110 valence electrons. The van der Waals surface area contributed by atoms with Crippen LogP contribution in [-0.4, -0.2) is 67.6 Å². The van der Waals surface area contributed by atoms with Gasteiger partial charge in [-0.05, 0) is 18.9 Å². The number of likely N-dealkylation sites (tertiary alicyclic amines) is 1. The zero-order chi connectivity index (χ0) is 14.3. The Morgan fingerprint density at radius 2 is 2.26 bits per heavy atom. The minimum absolute atomic E-state index is 0.159. The molecule has 0 aromatic rings. The molecule has 0 saturated carbocycles. The minimum atomic E-state index is 0.159. The van der Waals surface area contributed by atoms with Crippen molar-refractivity contribution in [3.8, 4) is 0 Å². The third-order valence-corrected chi connectivity index (χ3v) is 3.74. The van der Waals surface area contributed by atoms with Gasteiger partial charge in [0.05, 0.1) is 11.6 Å². The molecule has 1 amide bonds. The van der Waals surface area contributed by atoms with Crippen molar-refractivity contribution in [3.05, 3.63) is 0 Å². The molecular formula is C13H25N3O2S. The molecule has 1 rings (SSSR count). The number of hydrogen-bond donors (Lipinski definition) is 1. The van der Waals surface area contributed by atoms with Crippen LogP contribution in [0.1, 0.15) is 19.3 Å². The maximum atomic E-state index is 11.9. The zero-order valence-electron chi connectivity index (χ0n) is 11.9. The number of ether oxygens (including phenoxy) is 1. The Morgan fingerprint density at radius 3 is 2.89 bits per heavy atom. The van der Waals surface area contributed by atoms with Crippen LogP contribution in [0.25, 0.3) is 0 Å². The number of rotatable bonds is 8. The van der Waals surface area contributed by atoms with Crippen LogP contribution in [0.3, 0.4) is 0 Å². The van der Waals surface area contributed by atoms with E-state index < -0.39 is 0 Å². The summed E-state index contributed by atoms with van der Waals surface area (Å²) in [7, 11) is 3.54. The molecule has 0 spiro atoms. The summed E-state index contributed by atoms with van der Waals surface area (Å²) in [6.07, 6.45) is 2.32. The molecule has 1 aliphatic heterocycles. The lowest BCUT2D eigenvalue weighted by molar-refractivity contribution is -0.130. The molecule has 1 heterocycles. The van der Waals surface area contributed by atoms with Crippen LogP contribution in [0, 0.1) is 5.92 Å². The fourth-order valence-electron chi connectivity index (χ4n) is 2.33. The monoisotopic (exact) mass is 287 g/mol. The zero-order valence-corrected chi connectivity index (χ0v) is 12.7. The lowest BCUT2D eigenvalue weighted by Crippen LogP contribution is -2.33. The van der Waals surface area contributed by atoms with E-state index in [1.807, 2.05) is 0 Å². The first kappa shape index (κ1) is 16.3. The molecule has 1 fully saturated rings. The maximum Gasteiger partial charge on any atom is 0.223 e. The summed E-state index contributed by atoms with van der Waals surface area (Å²) in [5, 5.41) is 0. The molecule has 19 heavy (non-hydrogen) atoms. The van der Waals surface area contributed by atoms with E-state index in [2.05, 4.69) is 4.90 Å². The van der Waals surface area contributed by atoms with E-state index >= 15 is 0 Å². The number of amides is 1. The van der Waals surface area contributed by atoms with Gasteiger partial charge in [-0.15, -0.1) is 0 Å². The van der Waals surface area contributed by atoms with Gasteiger partial charge in [-0.25, -0.2) is 0 Å². The number of carbonyl (C=O) groups is 1. The topological polar surface area (TPSA) is 58.8 Å². The highest BCUT2D eigenvalue weighted by Crippen LogP contribution is 2.16. The predicted octanol–water partition coefficient (Wildman–Crippen LogP) is 0.479. The Labute approximate surface area is 121 Å². The highest BCUT2D eigenvalue weighted by molar-refractivity contribution is 7.80. The molecule has 0 aromatic heterocycles. The summed E-state index contributed by atoms with van der Waals surface area (Å²) < 4.78 is 5.17. The molecule has 0 radical (unpaired) electrons. The molecule has 5 nitrogen and oxygen atoms in total. The summed E-state index contributed by atoms with van der Waals surface area (Å²) in [5.41, 5.74) is 5.43. The summed E-state index contributed by atoms with van der Waals surface area (Å²) >= 11 is 4.81. The van der Waals surface area contributed by atoms with Gasteiger partial charge in [0.2, 0.25) is 5.91 Å². The van der Waals surface area contributed by atoms with Crippen molar-refractivity contribution in [3.63, 3.8) is 0 Å². The number of nitrogens with two attached hydrogens (primary N) is 1. The number of carbonyl (C=O) groups excluding carboxylic acids is 1. The van der Waals surface area contributed by atoms with Crippen molar-refractivity contribution in [2.45, 2.75) is 19.3 Å². The molecule has 1 aliphatic rings. The minimum Gasteiger partial charge on any atom is -0.393 e. The van der Waals surface area contributed by atoms with E-state index in [1.54, 1.807) is 19.1 Å². The van der Waals surface area contributed by atoms with E-state index in [9.17, 15) is 4.79 Å². The van der Waals surface area contributed by atoms with Gasteiger partial charge in [-0.2, -0.15) is 0 Å². The van der Waals surface area contributed by atoms with Gasteiger partial charge >= 0.3 is 0 Å². The average molecular weight is 287 g/mol. The van der Waals surface area contributed by atoms with Crippen LogP contribution < -0.4 is 5.73 Å². The van der Waals surface area contributed by atoms with E-state index in [0.29, 0.717) is 30.3 Å². The first-order chi connectivity index (χ1) is 9.02. The molecule has 1 unspecified atom stereocenters. The Balaban J connectivity index is 2.18. The SMILES string of the molecule is COCC1CCN(CCC(=O)N(C)CCC(N)=S)C1. The van der Waals surface area contributed by atoms with Crippen LogP contribution in [0.15, 0.2) is 0 Å². The second-order valence-corrected chi connectivity index (χ2v) is 5.72. The lowest BCUT2D eigenvalue weighted by Gasteiger charge is -2.20. The molecule has 1 atom stereocenters. The van der Waals surface area contributed by atoms with Crippen LogP contribution in [0.4, 0.5) is 0 Å². The van der Waals surface area contributed by atoms with Crippen molar-refractivity contribution in [1.29, 1.82) is 0 Å². The van der Waals surface area contributed by atoms with Crippen molar-refractivity contribution < 1.29 is 9.53 Å². The Bertz CT molecular complexity index is 312. The number of thiocarbonyl (C=S) groups is 1. The lowest BCUT2D eigenvalue weighted by atomic mass is 10.1. The first-order valence-corrected chi connectivity index (χ1v) is 7.17. The van der Waals surface area contributed by atoms with Crippen LogP contribution in [0.5, 0.6) is 0 Å². The quantitative estimate of drug-likeness (QED) is 0.658. The first-order valence-electron chi connectivity index (χ1n) is 6.76. The number of methoxy groups -OCH3 is 1. The molecule has 2 N–H and O–H groups in total. The smallest absolute Gasteiger partial charge is 0.223 e. The van der Waals surface area contributed by atoms with Gasteiger partial charge in [0.25, 0.3) is 0 Å². The molecule has 1 saturated heterocycles. The van der Waals surface area contributed by atoms with Gasteiger partial charge < -0.3 is 20.3 Å². The summed E-state index contributed by atoms with van der Waals surface area (Å²) in [6, 6.07) is 0. The van der Waals surface area contributed by atoms with Crippen molar-refractivity contribution in [2.24, 2.45) is 11.7 Å². The summed E-state index contributed by atoms with van der Waals surface area (Å²) in [5.74, 6) is 0.777. The van der Waals surface area contributed by atoms with Crippen LogP contribution >= 0.6 is 12.2 Å². The van der Waals surface area contributed by atoms with Gasteiger partial charge in [0.15, 0.2) is 0 Å². The molecule has 6 heteroatoms. The van der Waals surface area contributed by atoms with Gasteiger partial charge in [-0.3, -0.25) is 4.79 Å². The predicted molar refractivity (Wildman–Crippen MR) is 80.1 cm³/mol. The molecular weight excluding hydrogens is 262 g/mol. The van der Waals surface area contributed by atoms with E-state index in [4.69, 9.17) is 22.7 Å². The van der Waals surface area contributed by atoms with E-state index in [-0.39, 0.29) is 5.91 Å². The Hall–Kier alpha value is -0.720. The molecule has 0 aliphatic carbocycles. The van der Waals surface area contributed by atoms with Crippen molar-refractivity contribution in [2.75, 3.05) is 46.9 Å². The second-order valence-electron chi connectivity index (χ2n) is 5.19. The van der Waals surface area contributed by atoms with Gasteiger partial charge in [0.1, 0.15) is 0 Å². The largest absolute Gasteiger partial charge is 0.393 e. The number of hydrogen-bond acceptors (Lipinski definition) is 4. The summed E-state index contributed by atoms with van der Waals surface area (Å²) in [6.45, 7) is 4.37. The third kappa shape index (κ3) is 6.31. The normalized spacial score (nSPS) is 19.6. The van der Waals surface area contributed by atoms with Crippen molar-refractivity contribution in [1.82, 2.24) is 9.80 Å². The highest BCUT2D eigenvalue weighted by Gasteiger charge is 2.22.